The molecule has 1 amide bonds. The first-order valence-corrected chi connectivity index (χ1v) is 8.90. The largest absolute Gasteiger partial charge is 0.399 e. The number of nitrogens with one attached hydrogen (secondary N) is 1. The Morgan fingerprint density at radius 2 is 1.62 bits per heavy atom. The molecule has 0 unspecified atom stereocenters. The van der Waals surface area contributed by atoms with Crippen molar-refractivity contribution in [2.45, 2.75) is 50.5 Å². The smallest absolute Gasteiger partial charge is 0.220 e. The molecule has 3 N–H and O–H groups in total. The standard InChI is InChI=1S/C21H26N2O/c22-20-9-5-4-8-18(20)12-15-21(24)23-19-13-10-17(11-14-19)16-6-2-1-3-7-16/h1-9,17,19H,10-15,22H2,(H,23,24). The molecule has 0 aliphatic heterocycles. The molecule has 3 rings (SSSR count). The van der Waals surface area contributed by atoms with Crippen molar-refractivity contribution in [3.63, 3.8) is 0 Å². The van der Waals surface area contributed by atoms with Crippen molar-refractivity contribution in [3.05, 3.63) is 65.7 Å². The molecule has 0 saturated heterocycles. The zero-order valence-corrected chi connectivity index (χ0v) is 14.1. The molecule has 3 nitrogen and oxygen atoms in total. The van der Waals surface area contributed by atoms with Crippen LogP contribution in [0.4, 0.5) is 5.69 Å². The zero-order chi connectivity index (χ0) is 16.8. The van der Waals surface area contributed by atoms with Gasteiger partial charge in [-0.05, 0) is 55.2 Å². The van der Waals surface area contributed by atoms with E-state index in [0.29, 0.717) is 24.8 Å². The third-order valence-electron chi connectivity index (χ3n) is 5.04. The van der Waals surface area contributed by atoms with Gasteiger partial charge in [-0.1, -0.05) is 48.5 Å². The number of para-hydroxylation sites is 1. The lowest BCUT2D eigenvalue weighted by Crippen LogP contribution is -2.37. The highest BCUT2D eigenvalue weighted by Crippen LogP contribution is 2.32. The van der Waals surface area contributed by atoms with Gasteiger partial charge >= 0.3 is 0 Å². The lowest BCUT2D eigenvalue weighted by Gasteiger charge is -2.29. The van der Waals surface area contributed by atoms with Gasteiger partial charge in [0.25, 0.3) is 0 Å². The number of amides is 1. The van der Waals surface area contributed by atoms with Gasteiger partial charge in [0.2, 0.25) is 5.91 Å². The highest BCUT2D eigenvalue weighted by atomic mass is 16.1. The molecule has 0 spiro atoms. The van der Waals surface area contributed by atoms with Gasteiger partial charge in [-0.3, -0.25) is 4.79 Å². The molecule has 0 radical (unpaired) electrons. The summed E-state index contributed by atoms with van der Waals surface area (Å²) in [5.41, 5.74) is 9.19. The summed E-state index contributed by atoms with van der Waals surface area (Å²) in [4.78, 5) is 12.2. The van der Waals surface area contributed by atoms with E-state index in [1.54, 1.807) is 0 Å². The van der Waals surface area contributed by atoms with Crippen molar-refractivity contribution in [2.24, 2.45) is 0 Å². The third-order valence-corrected chi connectivity index (χ3v) is 5.04. The van der Waals surface area contributed by atoms with Crippen LogP contribution in [0, 0.1) is 0 Å². The Balaban J connectivity index is 1.43. The fraction of sp³-hybridized carbons (Fsp3) is 0.381. The van der Waals surface area contributed by atoms with Gasteiger partial charge in [0.1, 0.15) is 0 Å². The summed E-state index contributed by atoms with van der Waals surface area (Å²) in [7, 11) is 0. The Morgan fingerprint density at radius 3 is 2.33 bits per heavy atom. The molecule has 0 aromatic heterocycles. The number of rotatable bonds is 5. The predicted molar refractivity (Wildman–Crippen MR) is 98.8 cm³/mol. The van der Waals surface area contributed by atoms with Crippen LogP contribution in [-0.2, 0) is 11.2 Å². The number of benzene rings is 2. The summed E-state index contributed by atoms with van der Waals surface area (Å²) in [6.45, 7) is 0. The topological polar surface area (TPSA) is 55.1 Å². The highest BCUT2D eigenvalue weighted by Gasteiger charge is 2.23. The van der Waals surface area contributed by atoms with Gasteiger partial charge in [0.15, 0.2) is 0 Å². The number of carbonyl (C=O) groups excluding carboxylic acids is 1. The number of aryl methyl sites for hydroxylation is 1. The fourth-order valence-corrected chi connectivity index (χ4v) is 3.61. The molecule has 2 aromatic carbocycles. The number of anilines is 1. The minimum atomic E-state index is 0.140. The van der Waals surface area contributed by atoms with E-state index in [0.717, 1.165) is 36.9 Å². The van der Waals surface area contributed by atoms with Crippen LogP contribution in [-0.4, -0.2) is 11.9 Å². The van der Waals surface area contributed by atoms with E-state index in [1.165, 1.54) is 5.56 Å². The second kappa shape index (κ2) is 8.00. The number of hydrogen-bond acceptors (Lipinski definition) is 2. The molecule has 1 saturated carbocycles. The Hall–Kier alpha value is -2.29. The minimum Gasteiger partial charge on any atom is -0.399 e. The molecule has 1 aliphatic carbocycles. The van der Waals surface area contributed by atoms with E-state index in [-0.39, 0.29) is 5.91 Å². The quantitative estimate of drug-likeness (QED) is 0.816. The second-order valence-electron chi connectivity index (χ2n) is 6.73. The van der Waals surface area contributed by atoms with Crippen LogP contribution in [0.5, 0.6) is 0 Å². The highest BCUT2D eigenvalue weighted by molar-refractivity contribution is 5.76. The van der Waals surface area contributed by atoms with Crippen molar-refractivity contribution < 1.29 is 4.79 Å². The van der Waals surface area contributed by atoms with Crippen LogP contribution in [0.2, 0.25) is 0 Å². The molecule has 0 bridgehead atoms. The monoisotopic (exact) mass is 322 g/mol. The predicted octanol–water partition coefficient (Wildman–Crippen LogP) is 4.04. The van der Waals surface area contributed by atoms with Crippen LogP contribution in [0.25, 0.3) is 0 Å². The van der Waals surface area contributed by atoms with Crippen LogP contribution in [0.3, 0.4) is 0 Å². The first-order chi connectivity index (χ1) is 11.7. The Kier molecular flexibility index (Phi) is 5.52. The molecule has 0 heterocycles. The summed E-state index contributed by atoms with van der Waals surface area (Å²) in [6, 6.07) is 18.8. The van der Waals surface area contributed by atoms with Crippen molar-refractivity contribution >= 4 is 11.6 Å². The third kappa shape index (κ3) is 4.38. The molecular formula is C21H26N2O. The van der Waals surface area contributed by atoms with E-state index >= 15 is 0 Å². The number of hydrogen-bond donors (Lipinski definition) is 2. The SMILES string of the molecule is Nc1ccccc1CCC(=O)NC1CCC(c2ccccc2)CC1. The summed E-state index contributed by atoms with van der Waals surface area (Å²) >= 11 is 0. The number of nitrogens with two attached hydrogens (primary N) is 1. The summed E-state index contributed by atoms with van der Waals surface area (Å²) in [5, 5.41) is 3.20. The molecule has 1 fully saturated rings. The van der Waals surface area contributed by atoms with Crippen molar-refractivity contribution in [1.82, 2.24) is 5.32 Å². The van der Waals surface area contributed by atoms with Gasteiger partial charge in [-0.2, -0.15) is 0 Å². The number of nitrogen functional groups attached to an aromatic ring is 1. The van der Waals surface area contributed by atoms with Crippen molar-refractivity contribution in [1.29, 1.82) is 0 Å². The molecule has 24 heavy (non-hydrogen) atoms. The maximum absolute atomic E-state index is 12.2. The second-order valence-corrected chi connectivity index (χ2v) is 6.73. The van der Waals surface area contributed by atoms with Gasteiger partial charge < -0.3 is 11.1 Å². The average Bonchev–Trinajstić information content (AvgIpc) is 2.62. The fourth-order valence-electron chi connectivity index (χ4n) is 3.61. The van der Waals surface area contributed by atoms with Gasteiger partial charge in [-0.25, -0.2) is 0 Å². The lowest BCUT2D eigenvalue weighted by molar-refractivity contribution is -0.122. The Labute approximate surface area is 144 Å². The van der Waals surface area contributed by atoms with E-state index in [2.05, 4.69) is 35.6 Å². The Bertz CT molecular complexity index is 661. The summed E-state index contributed by atoms with van der Waals surface area (Å²) in [6.07, 6.45) is 5.66. The first-order valence-electron chi connectivity index (χ1n) is 8.90. The van der Waals surface area contributed by atoms with Crippen molar-refractivity contribution in [2.75, 3.05) is 5.73 Å². The van der Waals surface area contributed by atoms with Crippen LogP contribution >= 0.6 is 0 Å². The minimum absolute atomic E-state index is 0.140. The van der Waals surface area contributed by atoms with Gasteiger partial charge in [0, 0.05) is 18.2 Å². The Morgan fingerprint density at radius 1 is 0.958 bits per heavy atom. The van der Waals surface area contributed by atoms with E-state index in [4.69, 9.17) is 5.73 Å². The van der Waals surface area contributed by atoms with E-state index in [1.807, 2.05) is 24.3 Å². The van der Waals surface area contributed by atoms with Gasteiger partial charge in [0.05, 0.1) is 0 Å². The summed E-state index contributed by atoms with van der Waals surface area (Å²) in [5.74, 6) is 0.782. The maximum atomic E-state index is 12.2. The first kappa shape index (κ1) is 16.6. The molecule has 126 valence electrons. The van der Waals surface area contributed by atoms with E-state index in [9.17, 15) is 4.79 Å². The number of carbonyl (C=O) groups is 1. The average molecular weight is 322 g/mol. The van der Waals surface area contributed by atoms with Gasteiger partial charge in [-0.15, -0.1) is 0 Å². The molecule has 2 aromatic rings. The molecule has 0 atom stereocenters. The van der Waals surface area contributed by atoms with Crippen LogP contribution in [0.1, 0.15) is 49.1 Å². The molecule has 3 heteroatoms. The van der Waals surface area contributed by atoms with Crippen LogP contribution in [0.15, 0.2) is 54.6 Å². The van der Waals surface area contributed by atoms with Crippen LogP contribution < -0.4 is 11.1 Å². The summed E-state index contributed by atoms with van der Waals surface area (Å²) < 4.78 is 0. The maximum Gasteiger partial charge on any atom is 0.220 e. The normalized spacial score (nSPS) is 20.5. The van der Waals surface area contributed by atoms with E-state index < -0.39 is 0 Å². The lowest BCUT2D eigenvalue weighted by atomic mass is 9.82. The zero-order valence-electron chi connectivity index (χ0n) is 14.1. The van der Waals surface area contributed by atoms with Crippen molar-refractivity contribution in [3.8, 4) is 0 Å². The molecular weight excluding hydrogens is 296 g/mol. The molecule has 1 aliphatic rings.